The highest BCUT2D eigenvalue weighted by Crippen LogP contribution is 2.31. The van der Waals surface area contributed by atoms with E-state index in [0.29, 0.717) is 18.2 Å². The highest BCUT2D eigenvalue weighted by Gasteiger charge is 2.10. The second-order valence-corrected chi connectivity index (χ2v) is 3.55. The average molecular weight is 218 g/mol. The zero-order chi connectivity index (χ0) is 11.5. The number of anilines is 1. The van der Waals surface area contributed by atoms with Crippen molar-refractivity contribution in [2.45, 2.75) is 13.8 Å². The van der Waals surface area contributed by atoms with E-state index in [9.17, 15) is 0 Å². The van der Waals surface area contributed by atoms with Crippen LogP contribution in [0.25, 0.3) is 11.3 Å². The van der Waals surface area contributed by atoms with E-state index >= 15 is 0 Å². The van der Waals surface area contributed by atoms with Crippen molar-refractivity contribution < 1.29 is 9.26 Å². The summed E-state index contributed by atoms with van der Waals surface area (Å²) in [5.74, 6) is 1.10. The Morgan fingerprint density at radius 3 is 2.81 bits per heavy atom. The molecule has 0 saturated heterocycles. The molecular formula is C12H14N2O2. The maximum absolute atomic E-state index is 5.53. The Hall–Kier alpha value is -1.97. The van der Waals surface area contributed by atoms with Crippen LogP contribution in [0.15, 0.2) is 28.8 Å². The molecule has 0 atom stereocenters. The summed E-state index contributed by atoms with van der Waals surface area (Å²) in [6.07, 6.45) is 0. The molecule has 0 aliphatic heterocycles. The molecule has 0 saturated carbocycles. The molecule has 0 aliphatic rings. The maximum atomic E-state index is 5.53. The van der Waals surface area contributed by atoms with E-state index in [-0.39, 0.29) is 0 Å². The Morgan fingerprint density at radius 1 is 1.38 bits per heavy atom. The van der Waals surface area contributed by atoms with Gasteiger partial charge in [-0.1, -0.05) is 16.8 Å². The maximum Gasteiger partial charge on any atom is 0.222 e. The van der Waals surface area contributed by atoms with Crippen LogP contribution in [-0.2, 0) is 0 Å². The van der Waals surface area contributed by atoms with Gasteiger partial charge in [-0.05, 0) is 26.0 Å². The summed E-state index contributed by atoms with van der Waals surface area (Å²) in [6, 6.07) is 7.62. The third-order valence-electron chi connectivity index (χ3n) is 2.24. The molecule has 4 heteroatoms. The van der Waals surface area contributed by atoms with E-state index < -0.39 is 0 Å². The van der Waals surface area contributed by atoms with Gasteiger partial charge in [0.2, 0.25) is 5.88 Å². The molecule has 84 valence electrons. The number of benzene rings is 1. The second-order valence-electron chi connectivity index (χ2n) is 3.55. The van der Waals surface area contributed by atoms with Gasteiger partial charge in [0, 0.05) is 11.6 Å². The molecule has 0 spiro atoms. The van der Waals surface area contributed by atoms with E-state index in [1.807, 2.05) is 32.0 Å². The molecule has 4 nitrogen and oxygen atoms in total. The molecular weight excluding hydrogens is 204 g/mol. The van der Waals surface area contributed by atoms with E-state index in [4.69, 9.17) is 15.0 Å². The van der Waals surface area contributed by atoms with Crippen LogP contribution in [0, 0.1) is 6.92 Å². The van der Waals surface area contributed by atoms with Gasteiger partial charge in [0.1, 0.15) is 11.4 Å². The number of nitrogens with two attached hydrogens (primary N) is 1. The van der Waals surface area contributed by atoms with Crippen molar-refractivity contribution >= 4 is 5.88 Å². The first-order valence-electron chi connectivity index (χ1n) is 5.16. The highest BCUT2D eigenvalue weighted by molar-refractivity contribution is 5.69. The second kappa shape index (κ2) is 4.26. The number of ether oxygens (including phenoxy) is 1. The fourth-order valence-corrected chi connectivity index (χ4v) is 1.54. The predicted octanol–water partition coefficient (Wildman–Crippen LogP) is 2.63. The summed E-state index contributed by atoms with van der Waals surface area (Å²) in [5, 5.41) is 3.89. The van der Waals surface area contributed by atoms with Gasteiger partial charge in [0.05, 0.1) is 6.61 Å². The molecule has 0 aliphatic carbocycles. The number of aryl methyl sites for hydroxylation is 1. The lowest BCUT2D eigenvalue weighted by Gasteiger charge is -2.08. The Bertz CT molecular complexity index is 492. The first-order valence-corrected chi connectivity index (χ1v) is 5.16. The molecule has 2 N–H and O–H groups in total. The van der Waals surface area contributed by atoms with Crippen LogP contribution >= 0.6 is 0 Å². The molecule has 1 heterocycles. The molecule has 0 radical (unpaired) electrons. The van der Waals surface area contributed by atoms with Crippen molar-refractivity contribution in [3.63, 3.8) is 0 Å². The summed E-state index contributed by atoms with van der Waals surface area (Å²) in [7, 11) is 0. The monoisotopic (exact) mass is 218 g/mol. The van der Waals surface area contributed by atoms with Gasteiger partial charge < -0.3 is 15.0 Å². The predicted molar refractivity (Wildman–Crippen MR) is 62.3 cm³/mol. The van der Waals surface area contributed by atoms with Gasteiger partial charge in [-0.2, -0.15) is 0 Å². The van der Waals surface area contributed by atoms with Gasteiger partial charge in [0.25, 0.3) is 0 Å². The van der Waals surface area contributed by atoms with Crippen molar-refractivity contribution in [1.82, 2.24) is 5.16 Å². The molecule has 0 amide bonds. The fraction of sp³-hybridized carbons (Fsp3) is 0.250. The van der Waals surface area contributed by atoms with Crippen LogP contribution in [-0.4, -0.2) is 11.8 Å². The normalized spacial score (nSPS) is 10.4. The van der Waals surface area contributed by atoms with Gasteiger partial charge in [0.15, 0.2) is 0 Å². The van der Waals surface area contributed by atoms with Crippen LogP contribution in [0.1, 0.15) is 12.5 Å². The minimum Gasteiger partial charge on any atom is -0.493 e. The summed E-state index contributed by atoms with van der Waals surface area (Å²) >= 11 is 0. The average Bonchev–Trinajstić information content (AvgIpc) is 2.68. The van der Waals surface area contributed by atoms with Crippen molar-refractivity contribution in [1.29, 1.82) is 0 Å². The van der Waals surface area contributed by atoms with Crippen molar-refractivity contribution in [3.05, 3.63) is 29.8 Å². The van der Waals surface area contributed by atoms with Crippen molar-refractivity contribution in [2.75, 3.05) is 12.3 Å². The van der Waals surface area contributed by atoms with Gasteiger partial charge >= 0.3 is 0 Å². The van der Waals surface area contributed by atoms with E-state index in [1.165, 1.54) is 0 Å². The van der Waals surface area contributed by atoms with Crippen molar-refractivity contribution in [2.24, 2.45) is 0 Å². The Morgan fingerprint density at radius 2 is 2.19 bits per heavy atom. The SMILES string of the molecule is CCOc1ccc(C)cc1-c1cc(N)on1. The third kappa shape index (κ3) is 2.00. The summed E-state index contributed by atoms with van der Waals surface area (Å²) in [4.78, 5) is 0. The molecule has 16 heavy (non-hydrogen) atoms. The van der Waals surface area contributed by atoms with Crippen LogP contribution in [0.2, 0.25) is 0 Å². The van der Waals surface area contributed by atoms with Crippen LogP contribution in [0.3, 0.4) is 0 Å². The van der Waals surface area contributed by atoms with Gasteiger partial charge in [-0.3, -0.25) is 0 Å². The number of hydrogen-bond acceptors (Lipinski definition) is 4. The summed E-state index contributed by atoms with van der Waals surface area (Å²) in [5.41, 5.74) is 8.25. The standard InChI is InChI=1S/C12H14N2O2/c1-3-15-11-5-4-8(2)6-9(11)10-7-12(13)16-14-10/h4-7H,3,13H2,1-2H3. The smallest absolute Gasteiger partial charge is 0.222 e. The lowest BCUT2D eigenvalue weighted by atomic mass is 10.1. The van der Waals surface area contributed by atoms with Crippen molar-refractivity contribution in [3.8, 4) is 17.0 Å². The number of hydrogen-bond donors (Lipinski definition) is 1. The molecule has 1 aromatic carbocycles. The minimum atomic E-state index is 0.305. The quantitative estimate of drug-likeness (QED) is 0.860. The number of aromatic nitrogens is 1. The fourth-order valence-electron chi connectivity index (χ4n) is 1.54. The number of nitrogens with zero attached hydrogens (tertiary/aromatic N) is 1. The largest absolute Gasteiger partial charge is 0.493 e. The number of rotatable bonds is 3. The molecule has 1 aromatic heterocycles. The van der Waals surface area contributed by atoms with Crippen LogP contribution in [0.5, 0.6) is 5.75 Å². The van der Waals surface area contributed by atoms with E-state index in [1.54, 1.807) is 6.07 Å². The molecule has 0 unspecified atom stereocenters. The number of nitrogen functional groups attached to an aromatic ring is 1. The highest BCUT2D eigenvalue weighted by atomic mass is 16.5. The molecule has 0 fully saturated rings. The summed E-state index contributed by atoms with van der Waals surface area (Å²) < 4.78 is 10.4. The third-order valence-corrected chi connectivity index (χ3v) is 2.24. The van der Waals surface area contributed by atoms with E-state index in [2.05, 4.69) is 5.16 Å². The lowest BCUT2D eigenvalue weighted by Crippen LogP contribution is -1.94. The van der Waals surface area contributed by atoms with Gasteiger partial charge in [-0.25, -0.2) is 0 Å². The van der Waals surface area contributed by atoms with Gasteiger partial charge in [-0.15, -0.1) is 0 Å². The Labute approximate surface area is 94.0 Å². The van der Waals surface area contributed by atoms with E-state index in [0.717, 1.165) is 16.9 Å². The summed E-state index contributed by atoms with van der Waals surface area (Å²) in [6.45, 7) is 4.58. The minimum absolute atomic E-state index is 0.305. The lowest BCUT2D eigenvalue weighted by molar-refractivity contribution is 0.341. The topological polar surface area (TPSA) is 61.3 Å². The van der Waals surface area contributed by atoms with Crippen LogP contribution in [0.4, 0.5) is 5.88 Å². The zero-order valence-corrected chi connectivity index (χ0v) is 9.36. The molecule has 0 bridgehead atoms. The molecule has 2 aromatic rings. The Kier molecular flexibility index (Phi) is 2.81. The first kappa shape index (κ1) is 10.5. The molecule has 2 rings (SSSR count). The Balaban J connectivity index is 2.48. The first-order chi connectivity index (χ1) is 7.70. The van der Waals surface area contributed by atoms with Crippen LogP contribution < -0.4 is 10.5 Å². The zero-order valence-electron chi connectivity index (χ0n) is 9.36.